The maximum absolute atomic E-state index is 11.7. The van der Waals surface area contributed by atoms with Crippen LogP contribution in [0.25, 0.3) is 0 Å². The number of nitrogens with two attached hydrogens (primary N) is 1. The van der Waals surface area contributed by atoms with Crippen molar-refractivity contribution >= 4 is 18.1 Å². The first-order chi connectivity index (χ1) is 9.43. The molecule has 8 heteroatoms. The summed E-state index contributed by atoms with van der Waals surface area (Å²) in [6, 6.07) is 0. The average molecular weight is 302 g/mol. The Balaban J connectivity index is 4.68. The number of nitrogens with zero attached hydrogens (tertiary/aromatic N) is 1. The van der Waals surface area contributed by atoms with Gasteiger partial charge in [0.25, 0.3) is 0 Å². The van der Waals surface area contributed by atoms with Crippen molar-refractivity contribution in [2.45, 2.75) is 52.7 Å². The lowest BCUT2D eigenvalue weighted by Gasteiger charge is -2.22. The highest BCUT2D eigenvalue weighted by Crippen LogP contribution is 2.07. The summed E-state index contributed by atoms with van der Waals surface area (Å²) in [5.41, 5.74) is 4.03. The van der Waals surface area contributed by atoms with Crippen molar-refractivity contribution in [2.75, 3.05) is 13.1 Å². The fourth-order valence-corrected chi connectivity index (χ4v) is 1.09. The molecule has 0 aromatic heterocycles. The van der Waals surface area contributed by atoms with Gasteiger partial charge in [-0.15, -0.1) is 0 Å². The summed E-state index contributed by atoms with van der Waals surface area (Å²) in [6.07, 6.45) is -1.45. The fourth-order valence-electron chi connectivity index (χ4n) is 1.09. The molecule has 0 aliphatic carbocycles. The third kappa shape index (κ3) is 11.7. The van der Waals surface area contributed by atoms with Gasteiger partial charge in [0.2, 0.25) is 5.96 Å². The summed E-state index contributed by atoms with van der Waals surface area (Å²) >= 11 is 0. The predicted octanol–water partition coefficient (Wildman–Crippen LogP) is 1.35. The van der Waals surface area contributed by atoms with Crippen molar-refractivity contribution in [1.29, 1.82) is 0 Å². The van der Waals surface area contributed by atoms with Crippen LogP contribution < -0.4 is 16.4 Å². The van der Waals surface area contributed by atoms with E-state index in [1.54, 1.807) is 41.5 Å². The van der Waals surface area contributed by atoms with Crippen molar-refractivity contribution in [3.63, 3.8) is 0 Å². The molecule has 0 fully saturated rings. The number of hydrogen-bond acceptors (Lipinski definition) is 6. The Hall–Kier alpha value is -1.83. The molecule has 0 unspecified atom stereocenters. The Bertz CT molecular complexity index is 362. The van der Waals surface area contributed by atoms with E-state index in [1.165, 1.54) is 0 Å². The fraction of sp³-hybridized carbons (Fsp3) is 0.769. The molecule has 122 valence electrons. The Morgan fingerprint density at radius 2 is 1.33 bits per heavy atom. The van der Waals surface area contributed by atoms with Gasteiger partial charge in [-0.2, -0.15) is 0 Å². The molecule has 4 N–H and O–H groups in total. The van der Waals surface area contributed by atoms with E-state index in [4.69, 9.17) is 15.2 Å². The first-order valence-corrected chi connectivity index (χ1v) is 6.67. The Labute approximate surface area is 125 Å². The standard InChI is InChI=1S/C13H26N4O4/c1-12(2,3)20-10(18)16-9(15-8-7-14)17-11(19)21-13(4,5)6/h7-8,14H2,1-6H3,(H2,15,16,17,18,19). The molecule has 0 aromatic rings. The molecule has 0 aliphatic rings. The lowest BCUT2D eigenvalue weighted by atomic mass is 10.2. The number of hydrogen-bond donors (Lipinski definition) is 3. The first kappa shape index (κ1) is 19.2. The minimum absolute atomic E-state index is 0.0658. The van der Waals surface area contributed by atoms with Crippen molar-refractivity contribution in [1.82, 2.24) is 10.6 Å². The molecule has 0 saturated heterocycles. The molecule has 0 bridgehead atoms. The highest BCUT2D eigenvalue weighted by atomic mass is 16.6. The van der Waals surface area contributed by atoms with Crippen LogP contribution >= 0.6 is 0 Å². The van der Waals surface area contributed by atoms with Crippen LogP contribution in [-0.2, 0) is 9.47 Å². The minimum Gasteiger partial charge on any atom is -0.444 e. The SMILES string of the molecule is CC(C)(C)OC(=O)NC(=NCCN)NC(=O)OC(C)(C)C. The molecule has 0 saturated carbocycles. The van der Waals surface area contributed by atoms with Crippen LogP contribution in [0, 0.1) is 0 Å². The Morgan fingerprint density at radius 3 is 1.62 bits per heavy atom. The van der Waals surface area contributed by atoms with Gasteiger partial charge in [0.1, 0.15) is 11.2 Å². The zero-order chi connectivity index (χ0) is 16.7. The van der Waals surface area contributed by atoms with E-state index < -0.39 is 23.4 Å². The number of amides is 2. The maximum Gasteiger partial charge on any atom is 0.414 e. The second kappa shape index (κ2) is 7.82. The van der Waals surface area contributed by atoms with Crippen molar-refractivity contribution in [3.05, 3.63) is 0 Å². The van der Waals surface area contributed by atoms with E-state index in [0.29, 0.717) is 0 Å². The number of nitrogens with one attached hydrogen (secondary N) is 2. The van der Waals surface area contributed by atoms with E-state index in [9.17, 15) is 9.59 Å². The molecule has 0 spiro atoms. The molecule has 0 rings (SSSR count). The van der Waals surface area contributed by atoms with Gasteiger partial charge in [0.05, 0.1) is 6.54 Å². The average Bonchev–Trinajstić information content (AvgIpc) is 2.20. The Kier molecular flexibility index (Phi) is 7.14. The summed E-state index contributed by atoms with van der Waals surface area (Å²) in [6.45, 7) is 10.9. The maximum atomic E-state index is 11.7. The number of carbonyl (C=O) groups excluding carboxylic acids is 2. The molecule has 0 heterocycles. The normalized spacial score (nSPS) is 11.4. The third-order valence-electron chi connectivity index (χ3n) is 1.64. The third-order valence-corrected chi connectivity index (χ3v) is 1.64. The molecule has 0 aromatic carbocycles. The molecule has 0 radical (unpaired) electrons. The Morgan fingerprint density at radius 1 is 0.952 bits per heavy atom. The number of guanidine groups is 1. The number of rotatable bonds is 2. The predicted molar refractivity (Wildman–Crippen MR) is 80.1 cm³/mol. The smallest absolute Gasteiger partial charge is 0.414 e. The molecular weight excluding hydrogens is 276 g/mol. The zero-order valence-electron chi connectivity index (χ0n) is 13.6. The van der Waals surface area contributed by atoms with Crippen LogP contribution in [0.5, 0.6) is 0 Å². The summed E-state index contributed by atoms with van der Waals surface area (Å²) in [4.78, 5) is 27.3. The van der Waals surface area contributed by atoms with E-state index in [1.807, 2.05) is 0 Å². The van der Waals surface area contributed by atoms with Crippen LogP contribution in [0.1, 0.15) is 41.5 Å². The van der Waals surface area contributed by atoms with Gasteiger partial charge in [-0.1, -0.05) is 0 Å². The number of carbonyl (C=O) groups is 2. The van der Waals surface area contributed by atoms with Crippen molar-refractivity contribution in [2.24, 2.45) is 10.7 Å². The van der Waals surface area contributed by atoms with Gasteiger partial charge >= 0.3 is 12.2 Å². The number of aliphatic imine (C=N–C) groups is 1. The topological polar surface area (TPSA) is 115 Å². The highest BCUT2D eigenvalue weighted by molar-refractivity contribution is 6.01. The number of ether oxygens (including phenoxy) is 2. The first-order valence-electron chi connectivity index (χ1n) is 6.67. The van der Waals surface area contributed by atoms with Crippen LogP contribution in [-0.4, -0.2) is 42.4 Å². The number of alkyl carbamates (subject to hydrolysis) is 2. The van der Waals surface area contributed by atoms with E-state index in [2.05, 4.69) is 15.6 Å². The molecule has 8 nitrogen and oxygen atoms in total. The second-order valence-electron chi connectivity index (χ2n) is 6.27. The van der Waals surface area contributed by atoms with E-state index >= 15 is 0 Å². The summed E-state index contributed by atoms with van der Waals surface area (Å²) in [5.74, 6) is -0.0658. The van der Waals surface area contributed by atoms with Crippen LogP contribution in [0.3, 0.4) is 0 Å². The quantitative estimate of drug-likeness (QED) is 0.526. The second-order valence-corrected chi connectivity index (χ2v) is 6.27. The van der Waals surface area contributed by atoms with Crippen molar-refractivity contribution in [3.8, 4) is 0 Å². The van der Waals surface area contributed by atoms with Gasteiger partial charge < -0.3 is 15.2 Å². The van der Waals surface area contributed by atoms with Crippen LogP contribution in [0.2, 0.25) is 0 Å². The van der Waals surface area contributed by atoms with Crippen molar-refractivity contribution < 1.29 is 19.1 Å². The van der Waals surface area contributed by atoms with Crippen LogP contribution in [0.15, 0.2) is 4.99 Å². The summed E-state index contributed by atoms with van der Waals surface area (Å²) in [5, 5.41) is 4.69. The van der Waals surface area contributed by atoms with Gasteiger partial charge in [0.15, 0.2) is 0 Å². The minimum atomic E-state index is -0.727. The van der Waals surface area contributed by atoms with E-state index in [0.717, 1.165) is 0 Å². The highest BCUT2D eigenvalue weighted by Gasteiger charge is 2.20. The summed E-state index contributed by atoms with van der Waals surface area (Å²) in [7, 11) is 0. The lowest BCUT2D eigenvalue weighted by molar-refractivity contribution is 0.0545. The molecule has 0 atom stereocenters. The monoisotopic (exact) mass is 302 g/mol. The molecule has 2 amide bonds. The lowest BCUT2D eigenvalue weighted by Crippen LogP contribution is -2.47. The van der Waals surface area contributed by atoms with Gasteiger partial charge in [-0.3, -0.25) is 15.6 Å². The van der Waals surface area contributed by atoms with Gasteiger partial charge in [-0.05, 0) is 41.5 Å². The van der Waals surface area contributed by atoms with E-state index in [-0.39, 0.29) is 19.0 Å². The summed E-state index contributed by atoms with van der Waals surface area (Å²) < 4.78 is 10.2. The van der Waals surface area contributed by atoms with Crippen LogP contribution in [0.4, 0.5) is 9.59 Å². The molecular formula is C13H26N4O4. The molecule has 21 heavy (non-hydrogen) atoms. The van der Waals surface area contributed by atoms with Gasteiger partial charge in [0, 0.05) is 6.54 Å². The molecule has 0 aliphatic heterocycles. The largest absolute Gasteiger partial charge is 0.444 e. The zero-order valence-corrected chi connectivity index (χ0v) is 13.6. The van der Waals surface area contributed by atoms with Gasteiger partial charge in [-0.25, -0.2) is 9.59 Å².